The van der Waals surface area contributed by atoms with Crippen LogP contribution in [-0.2, 0) is 0 Å². The van der Waals surface area contributed by atoms with E-state index >= 15 is 0 Å². The molecule has 1 fully saturated rings. The zero-order valence-electron chi connectivity index (χ0n) is 5.62. The van der Waals surface area contributed by atoms with E-state index in [1.165, 1.54) is 0 Å². The Kier molecular flexibility index (Phi) is 0.974. The lowest BCUT2D eigenvalue weighted by Gasteiger charge is -2.38. The van der Waals surface area contributed by atoms with Gasteiger partial charge in [-0.25, -0.2) is 0 Å². The van der Waals surface area contributed by atoms with Crippen molar-refractivity contribution in [3.63, 3.8) is 0 Å². The molecule has 2 aliphatic carbocycles. The van der Waals surface area contributed by atoms with Crippen molar-refractivity contribution in [2.75, 3.05) is 0 Å². The Bertz CT molecular complexity index is 143. The molecular weight excluding hydrogens is 112 g/mol. The lowest BCUT2D eigenvalue weighted by atomic mass is 9.70. The summed E-state index contributed by atoms with van der Waals surface area (Å²) in [6.07, 6.45) is 5.49. The highest BCUT2D eigenvalue weighted by Gasteiger charge is 2.43. The van der Waals surface area contributed by atoms with E-state index < -0.39 is 0 Å². The molecule has 2 rings (SSSR count). The van der Waals surface area contributed by atoms with Crippen LogP contribution in [0.3, 0.4) is 0 Å². The maximum absolute atomic E-state index is 9.25. The van der Waals surface area contributed by atoms with Gasteiger partial charge in [-0.05, 0) is 24.2 Å². The topological polar surface area (TPSA) is 20.2 Å². The summed E-state index contributed by atoms with van der Waals surface area (Å²) in [6.45, 7) is 2.18. The summed E-state index contributed by atoms with van der Waals surface area (Å²) in [6, 6.07) is 0. The number of aliphatic hydroxyl groups is 1. The molecule has 0 aromatic heterocycles. The maximum atomic E-state index is 9.25. The highest BCUT2D eigenvalue weighted by molar-refractivity contribution is 5.13. The Hall–Kier alpha value is -0.300. The molecule has 0 heterocycles. The van der Waals surface area contributed by atoms with Gasteiger partial charge in [0.05, 0.1) is 6.10 Å². The Labute approximate surface area is 55.4 Å². The second-order valence-electron chi connectivity index (χ2n) is 3.29. The van der Waals surface area contributed by atoms with Crippen molar-refractivity contribution >= 4 is 0 Å². The Morgan fingerprint density at radius 2 is 2.22 bits per heavy atom. The van der Waals surface area contributed by atoms with Crippen LogP contribution in [0.25, 0.3) is 0 Å². The van der Waals surface area contributed by atoms with Crippen molar-refractivity contribution in [2.45, 2.75) is 19.4 Å². The summed E-state index contributed by atoms with van der Waals surface area (Å²) < 4.78 is 0. The summed E-state index contributed by atoms with van der Waals surface area (Å²) in [5, 5.41) is 9.25. The quantitative estimate of drug-likeness (QED) is 0.481. The first-order valence-corrected chi connectivity index (χ1v) is 3.65. The zero-order chi connectivity index (χ0) is 6.43. The largest absolute Gasteiger partial charge is 0.393 e. The van der Waals surface area contributed by atoms with E-state index in [0.717, 1.165) is 12.3 Å². The van der Waals surface area contributed by atoms with Crippen molar-refractivity contribution in [3.05, 3.63) is 12.2 Å². The van der Waals surface area contributed by atoms with E-state index in [9.17, 15) is 5.11 Å². The Morgan fingerprint density at radius 3 is 2.67 bits per heavy atom. The van der Waals surface area contributed by atoms with Gasteiger partial charge in [0.2, 0.25) is 0 Å². The Balaban J connectivity index is 2.12. The number of hydrogen-bond acceptors (Lipinski definition) is 1. The van der Waals surface area contributed by atoms with E-state index in [0.29, 0.717) is 11.8 Å². The van der Waals surface area contributed by atoms with Crippen LogP contribution in [0.2, 0.25) is 0 Å². The van der Waals surface area contributed by atoms with Crippen molar-refractivity contribution in [2.24, 2.45) is 17.8 Å². The van der Waals surface area contributed by atoms with Crippen LogP contribution >= 0.6 is 0 Å². The summed E-state index contributed by atoms with van der Waals surface area (Å²) in [7, 11) is 0. The number of aliphatic hydroxyl groups excluding tert-OH is 1. The smallest absolute Gasteiger partial charge is 0.0585 e. The molecule has 0 aromatic rings. The molecule has 0 bridgehead atoms. The van der Waals surface area contributed by atoms with Gasteiger partial charge < -0.3 is 5.11 Å². The predicted octanol–water partition coefficient (Wildman–Crippen LogP) is 1.19. The molecule has 0 amide bonds. The first kappa shape index (κ1) is 5.48. The normalized spacial score (nSPS) is 54.9. The summed E-state index contributed by atoms with van der Waals surface area (Å²) in [5.41, 5.74) is 0. The molecule has 1 nitrogen and oxygen atoms in total. The molecule has 4 unspecified atom stereocenters. The van der Waals surface area contributed by atoms with Crippen LogP contribution in [0, 0.1) is 17.8 Å². The summed E-state index contributed by atoms with van der Waals surface area (Å²) >= 11 is 0. The third kappa shape index (κ3) is 0.584. The van der Waals surface area contributed by atoms with Crippen LogP contribution in [0.15, 0.2) is 12.2 Å². The van der Waals surface area contributed by atoms with Gasteiger partial charge in [0, 0.05) is 0 Å². The van der Waals surface area contributed by atoms with Crippen LogP contribution in [0.4, 0.5) is 0 Å². The first-order valence-electron chi connectivity index (χ1n) is 3.65. The predicted molar refractivity (Wildman–Crippen MR) is 35.9 cm³/mol. The molecule has 50 valence electrons. The molecule has 4 atom stereocenters. The highest BCUT2D eigenvalue weighted by Crippen LogP contribution is 2.45. The van der Waals surface area contributed by atoms with Gasteiger partial charge in [0.1, 0.15) is 0 Å². The fraction of sp³-hybridized carbons (Fsp3) is 0.750. The molecule has 0 spiro atoms. The molecule has 0 radical (unpaired) electrons. The monoisotopic (exact) mass is 124 g/mol. The fourth-order valence-electron chi connectivity index (χ4n) is 2.08. The number of rotatable bonds is 0. The minimum Gasteiger partial charge on any atom is -0.393 e. The SMILES string of the molecule is CC1C=CC2CC(O)C12. The van der Waals surface area contributed by atoms with Crippen molar-refractivity contribution < 1.29 is 5.11 Å². The second kappa shape index (κ2) is 1.60. The molecule has 9 heavy (non-hydrogen) atoms. The minimum atomic E-state index is -0.000000000000000222. The molecule has 1 N–H and O–H groups in total. The van der Waals surface area contributed by atoms with Crippen LogP contribution in [0.5, 0.6) is 0 Å². The van der Waals surface area contributed by atoms with Gasteiger partial charge in [-0.3, -0.25) is 0 Å². The molecule has 0 saturated heterocycles. The lowest BCUT2D eigenvalue weighted by Crippen LogP contribution is -2.40. The van der Waals surface area contributed by atoms with Crippen molar-refractivity contribution in [1.29, 1.82) is 0 Å². The van der Waals surface area contributed by atoms with Gasteiger partial charge in [-0.2, -0.15) is 0 Å². The summed E-state index contributed by atoms with van der Waals surface area (Å²) in [4.78, 5) is 0. The molecular formula is C8H12O. The van der Waals surface area contributed by atoms with Gasteiger partial charge in [-0.15, -0.1) is 0 Å². The van der Waals surface area contributed by atoms with E-state index in [-0.39, 0.29) is 6.10 Å². The summed E-state index contributed by atoms with van der Waals surface area (Å²) in [5.74, 6) is 1.92. The molecule has 0 aliphatic heterocycles. The van der Waals surface area contributed by atoms with Gasteiger partial charge in [0.25, 0.3) is 0 Å². The van der Waals surface area contributed by atoms with Crippen LogP contribution in [-0.4, -0.2) is 11.2 Å². The molecule has 1 saturated carbocycles. The van der Waals surface area contributed by atoms with E-state index in [4.69, 9.17) is 0 Å². The van der Waals surface area contributed by atoms with Crippen molar-refractivity contribution in [1.82, 2.24) is 0 Å². The third-order valence-electron chi connectivity index (χ3n) is 2.72. The van der Waals surface area contributed by atoms with Gasteiger partial charge >= 0.3 is 0 Å². The average molecular weight is 124 g/mol. The van der Waals surface area contributed by atoms with E-state index in [1.807, 2.05) is 0 Å². The van der Waals surface area contributed by atoms with Crippen molar-refractivity contribution in [3.8, 4) is 0 Å². The fourth-order valence-corrected chi connectivity index (χ4v) is 2.08. The zero-order valence-corrected chi connectivity index (χ0v) is 5.62. The molecule has 1 heteroatoms. The Morgan fingerprint density at radius 1 is 1.44 bits per heavy atom. The highest BCUT2D eigenvalue weighted by atomic mass is 16.3. The number of fused-ring (bicyclic) bond motifs is 1. The third-order valence-corrected chi connectivity index (χ3v) is 2.72. The van der Waals surface area contributed by atoms with Crippen LogP contribution in [0.1, 0.15) is 13.3 Å². The number of hydrogen-bond donors (Lipinski definition) is 1. The van der Waals surface area contributed by atoms with E-state index in [2.05, 4.69) is 19.1 Å². The molecule has 2 aliphatic rings. The molecule has 0 aromatic carbocycles. The maximum Gasteiger partial charge on any atom is 0.0585 e. The van der Waals surface area contributed by atoms with Crippen LogP contribution < -0.4 is 0 Å². The minimum absolute atomic E-state index is 0.000000000000000222. The lowest BCUT2D eigenvalue weighted by molar-refractivity contribution is -0.0219. The van der Waals surface area contributed by atoms with Gasteiger partial charge in [0.15, 0.2) is 0 Å². The average Bonchev–Trinajstić information content (AvgIpc) is 2.04. The van der Waals surface area contributed by atoms with Gasteiger partial charge in [-0.1, -0.05) is 19.1 Å². The number of allylic oxidation sites excluding steroid dienone is 2. The second-order valence-corrected chi connectivity index (χ2v) is 3.29. The first-order chi connectivity index (χ1) is 4.29. The standard InChI is InChI=1S/C8H12O/c1-5-2-3-6-4-7(9)8(5)6/h2-3,5-9H,4H2,1H3. The van der Waals surface area contributed by atoms with E-state index in [1.54, 1.807) is 0 Å².